The lowest BCUT2D eigenvalue weighted by atomic mass is 9.93. The highest BCUT2D eigenvalue weighted by Crippen LogP contribution is 2.32. The Balaban J connectivity index is 2.39. The van der Waals surface area contributed by atoms with Crippen molar-refractivity contribution in [1.29, 1.82) is 0 Å². The van der Waals surface area contributed by atoms with E-state index < -0.39 is 0 Å². The number of rotatable bonds is 8. The molecule has 0 saturated carbocycles. The van der Waals surface area contributed by atoms with E-state index in [2.05, 4.69) is 42.6 Å². The molecule has 0 spiro atoms. The van der Waals surface area contributed by atoms with Crippen LogP contribution in [0.3, 0.4) is 0 Å². The lowest BCUT2D eigenvalue weighted by molar-refractivity contribution is -0.118. The van der Waals surface area contributed by atoms with Crippen LogP contribution in [0.5, 0.6) is 5.75 Å². The molecule has 0 saturated heterocycles. The minimum atomic E-state index is 0.0194. The standard InChI is InChI=1S/C20H27NO2/c1-4-5-6-10-18-19(23-3)12-11-16-8-7-9-17(20(16)18)13-14-21-15(2)22/h7-9,11-12H,4-6,10,13-14H2,1-3H3,(H,21,22). The number of aryl methyl sites for hydroxylation is 1. The number of nitrogens with one attached hydrogen (secondary N) is 1. The number of unbranched alkanes of at least 4 members (excludes halogenated alkanes) is 2. The van der Waals surface area contributed by atoms with Crippen LogP contribution in [0.2, 0.25) is 0 Å². The van der Waals surface area contributed by atoms with E-state index in [1.165, 1.54) is 41.2 Å². The first kappa shape index (κ1) is 17.3. The highest BCUT2D eigenvalue weighted by molar-refractivity contribution is 5.91. The Hall–Kier alpha value is -2.03. The van der Waals surface area contributed by atoms with Crippen LogP contribution in [0.1, 0.15) is 44.2 Å². The Morgan fingerprint density at radius 2 is 1.96 bits per heavy atom. The summed E-state index contributed by atoms with van der Waals surface area (Å²) in [5, 5.41) is 5.44. The number of hydrogen-bond acceptors (Lipinski definition) is 2. The molecule has 0 atom stereocenters. The fourth-order valence-corrected chi connectivity index (χ4v) is 3.09. The summed E-state index contributed by atoms with van der Waals surface area (Å²) in [6, 6.07) is 10.6. The molecule has 2 rings (SSSR count). The number of ether oxygens (including phenoxy) is 1. The highest BCUT2D eigenvalue weighted by Gasteiger charge is 2.12. The third kappa shape index (κ3) is 4.47. The molecule has 0 bridgehead atoms. The van der Waals surface area contributed by atoms with Crippen molar-refractivity contribution in [3.05, 3.63) is 41.5 Å². The number of amides is 1. The number of carbonyl (C=O) groups excluding carboxylic acids is 1. The summed E-state index contributed by atoms with van der Waals surface area (Å²) >= 11 is 0. The zero-order valence-electron chi connectivity index (χ0n) is 14.4. The Bertz CT molecular complexity index is 664. The molecule has 0 fully saturated rings. The maximum Gasteiger partial charge on any atom is 0.216 e. The van der Waals surface area contributed by atoms with E-state index in [-0.39, 0.29) is 5.91 Å². The number of benzene rings is 2. The largest absolute Gasteiger partial charge is 0.496 e. The maximum absolute atomic E-state index is 11.1. The van der Waals surface area contributed by atoms with Gasteiger partial charge in [0.1, 0.15) is 5.75 Å². The van der Waals surface area contributed by atoms with Gasteiger partial charge in [0.05, 0.1) is 7.11 Å². The van der Waals surface area contributed by atoms with Crippen molar-refractivity contribution in [3.63, 3.8) is 0 Å². The van der Waals surface area contributed by atoms with Gasteiger partial charge in [-0.1, -0.05) is 44.0 Å². The molecular formula is C20H27NO2. The lowest BCUT2D eigenvalue weighted by Crippen LogP contribution is -2.22. The van der Waals surface area contributed by atoms with Gasteiger partial charge < -0.3 is 10.1 Å². The van der Waals surface area contributed by atoms with Crippen LogP contribution in [0, 0.1) is 0 Å². The summed E-state index contributed by atoms with van der Waals surface area (Å²) in [6.45, 7) is 4.45. The number of carbonyl (C=O) groups is 1. The Labute approximate surface area is 139 Å². The molecule has 3 heteroatoms. The summed E-state index contributed by atoms with van der Waals surface area (Å²) in [6.07, 6.45) is 5.48. The first-order valence-corrected chi connectivity index (χ1v) is 8.49. The second kappa shape index (κ2) is 8.56. The number of hydrogen-bond donors (Lipinski definition) is 1. The van der Waals surface area contributed by atoms with Crippen molar-refractivity contribution in [3.8, 4) is 5.75 Å². The molecule has 0 aliphatic rings. The predicted molar refractivity (Wildman–Crippen MR) is 96.1 cm³/mol. The molecule has 0 aromatic heterocycles. The summed E-state index contributed by atoms with van der Waals surface area (Å²) in [4.78, 5) is 11.1. The average Bonchev–Trinajstić information content (AvgIpc) is 2.54. The van der Waals surface area contributed by atoms with Gasteiger partial charge in [0.25, 0.3) is 0 Å². The molecule has 2 aromatic rings. The second-order valence-corrected chi connectivity index (χ2v) is 5.95. The van der Waals surface area contributed by atoms with Crippen molar-refractivity contribution in [2.24, 2.45) is 0 Å². The zero-order valence-corrected chi connectivity index (χ0v) is 14.4. The van der Waals surface area contributed by atoms with Gasteiger partial charge in [-0.05, 0) is 41.7 Å². The van der Waals surface area contributed by atoms with Crippen LogP contribution in [0.25, 0.3) is 10.8 Å². The van der Waals surface area contributed by atoms with Gasteiger partial charge >= 0.3 is 0 Å². The molecule has 0 aliphatic carbocycles. The van der Waals surface area contributed by atoms with E-state index in [0.29, 0.717) is 6.54 Å². The summed E-state index contributed by atoms with van der Waals surface area (Å²) < 4.78 is 5.61. The van der Waals surface area contributed by atoms with E-state index in [4.69, 9.17) is 4.74 Å². The molecule has 3 nitrogen and oxygen atoms in total. The summed E-state index contributed by atoms with van der Waals surface area (Å²) in [7, 11) is 1.74. The van der Waals surface area contributed by atoms with Crippen molar-refractivity contribution >= 4 is 16.7 Å². The van der Waals surface area contributed by atoms with Crippen LogP contribution in [-0.2, 0) is 17.6 Å². The summed E-state index contributed by atoms with van der Waals surface area (Å²) in [5.74, 6) is 0.992. The first-order valence-electron chi connectivity index (χ1n) is 8.49. The van der Waals surface area contributed by atoms with Crippen molar-refractivity contribution in [2.45, 2.75) is 46.0 Å². The van der Waals surface area contributed by atoms with E-state index >= 15 is 0 Å². The molecule has 23 heavy (non-hydrogen) atoms. The molecule has 0 heterocycles. The number of fused-ring (bicyclic) bond motifs is 1. The van der Waals surface area contributed by atoms with Crippen LogP contribution in [0.4, 0.5) is 0 Å². The van der Waals surface area contributed by atoms with E-state index in [9.17, 15) is 4.79 Å². The van der Waals surface area contributed by atoms with Crippen LogP contribution >= 0.6 is 0 Å². The first-order chi connectivity index (χ1) is 11.2. The van der Waals surface area contributed by atoms with Gasteiger partial charge in [0.2, 0.25) is 5.91 Å². The molecule has 1 N–H and O–H groups in total. The van der Waals surface area contributed by atoms with E-state index in [1.54, 1.807) is 14.0 Å². The van der Waals surface area contributed by atoms with Crippen molar-refractivity contribution in [2.75, 3.05) is 13.7 Å². The molecular weight excluding hydrogens is 286 g/mol. The zero-order chi connectivity index (χ0) is 16.7. The quantitative estimate of drug-likeness (QED) is 0.740. The Morgan fingerprint density at radius 3 is 2.65 bits per heavy atom. The van der Waals surface area contributed by atoms with Gasteiger partial charge in [0.15, 0.2) is 0 Å². The van der Waals surface area contributed by atoms with Crippen molar-refractivity contribution in [1.82, 2.24) is 5.32 Å². The fraction of sp³-hybridized carbons (Fsp3) is 0.450. The van der Waals surface area contributed by atoms with Gasteiger partial charge in [-0.15, -0.1) is 0 Å². The third-order valence-electron chi connectivity index (χ3n) is 4.21. The van der Waals surface area contributed by atoms with Crippen LogP contribution in [0.15, 0.2) is 30.3 Å². The van der Waals surface area contributed by atoms with Crippen molar-refractivity contribution < 1.29 is 9.53 Å². The van der Waals surface area contributed by atoms with E-state index in [0.717, 1.165) is 18.6 Å². The van der Waals surface area contributed by atoms with Gasteiger partial charge in [0, 0.05) is 19.0 Å². The normalized spacial score (nSPS) is 10.7. The molecule has 0 radical (unpaired) electrons. The highest BCUT2D eigenvalue weighted by atomic mass is 16.5. The fourth-order valence-electron chi connectivity index (χ4n) is 3.09. The minimum absolute atomic E-state index is 0.0194. The van der Waals surface area contributed by atoms with Gasteiger partial charge in [-0.25, -0.2) is 0 Å². The van der Waals surface area contributed by atoms with Crippen LogP contribution in [-0.4, -0.2) is 19.6 Å². The molecule has 2 aromatic carbocycles. The van der Waals surface area contributed by atoms with Gasteiger partial charge in [-0.3, -0.25) is 4.79 Å². The average molecular weight is 313 g/mol. The molecule has 1 amide bonds. The SMILES string of the molecule is CCCCCc1c(OC)ccc2cccc(CCNC(C)=O)c12. The predicted octanol–water partition coefficient (Wildman–Crippen LogP) is 4.26. The second-order valence-electron chi connectivity index (χ2n) is 5.95. The Kier molecular flexibility index (Phi) is 6.45. The minimum Gasteiger partial charge on any atom is -0.496 e. The lowest BCUT2D eigenvalue weighted by Gasteiger charge is -2.15. The summed E-state index contributed by atoms with van der Waals surface area (Å²) in [5.41, 5.74) is 2.58. The van der Waals surface area contributed by atoms with E-state index in [1.807, 2.05) is 0 Å². The smallest absolute Gasteiger partial charge is 0.216 e. The monoisotopic (exact) mass is 313 g/mol. The maximum atomic E-state index is 11.1. The third-order valence-corrected chi connectivity index (χ3v) is 4.21. The topological polar surface area (TPSA) is 38.3 Å². The number of methoxy groups -OCH3 is 1. The molecule has 0 unspecified atom stereocenters. The van der Waals surface area contributed by atoms with Gasteiger partial charge in [-0.2, -0.15) is 0 Å². The molecule has 0 aliphatic heterocycles. The van der Waals surface area contributed by atoms with Crippen LogP contribution < -0.4 is 10.1 Å². The molecule has 124 valence electrons. The Morgan fingerprint density at radius 1 is 1.13 bits per heavy atom.